The first kappa shape index (κ1) is 16.8. The van der Waals surface area contributed by atoms with Crippen molar-refractivity contribution < 1.29 is 17.6 Å². The van der Waals surface area contributed by atoms with Crippen LogP contribution >= 0.6 is 0 Å². The van der Waals surface area contributed by atoms with E-state index in [1.807, 2.05) is 0 Å². The molecule has 124 valence electrons. The van der Waals surface area contributed by atoms with Gasteiger partial charge in [-0.1, -0.05) is 42.7 Å². The van der Waals surface area contributed by atoms with Crippen molar-refractivity contribution >= 4 is 12.2 Å². The van der Waals surface area contributed by atoms with Crippen LogP contribution in [0.5, 0.6) is 0 Å². The maximum atomic E-state index is 14.0. The summed E-state index contributed by atoms with van der Waals surface area (Å²) in [6.45, 7) is 3.68. The largest absolute Gasteiger partial charge is 0.206 e. The lowest BCUT2D eigenvalue weighted by molar-refractivity contribution is 0.446. The van der Waals surface area contributed by atoms with E-state index >= 15 is 0 Å². The van der Waals surface area contributed by atoms with E-state index in [0.717, 1.165) is 17.7 Å². The number of hydrogen-bond donors (Lipinski definition) is 0. The molecule has 0 spiro atoms. The van der Waals surface area contributed by atoms with Gasteiger partial charge in [0.15, 0.2) is 17.5 Å². The summed E-state index contributed by atoms with van der Waals surface area (Å²) in [5, 5.41) is 1.09. The zero-order valence-corrected chi connectivity index (χ0v) is 13.0. The molecule has 2 aromatic carbocycles. The molecule has 0 radical (unpaired) electrons. The van der Waals surface area contributed by atoms with Crippen LogP contribution in [0.1, 0.15) is 12.0 Å². The quantitative estimate of drug-likeness (QED) is 0.389. The molecule has 2 aromatic rings. The first-order valence-electron chi connectivity index (χ1n) is 7.46. The molecular formula is C21H12F4. The lowest BCUT2D eigenvalue weighted by atomic mass is 9.99. The highest BCUT2D eigenvalue weighted by atomic mass is 19.2. The summed E-state index contributed by atoms with van der Waals surface area (Å²) in [7, 11) is 0. The van der Waals surface area contributed by atoms with Crippen LogP contribution in [-0.2, 0) is 0 Å². The van der Waals surface area contributed by atoms with Crippen LogP contribution in [0, 0.1) is 35.1 Å². The van der Waals surface area contributed by atoms with Crippen LogP contribution in [-0.4, -0.2) is 0 Å². The highest BCUT2D eigenvalue weighted by molar-refractivity contribution is 5.65. The van der Waals surface area contributed by atoms with Gasteiger partial charge in [-0.2, -0.15) is 0 Å². The normalized spacial score (nSPS) is 15.4. The van der Waals surface area contributed by atoms with Gasteiger partial charge in [0.1, 0.15) is 5.82 Å². The van der Waals surface area contributed by atoms with Crippen molar-refractivity contribution in [2.75, 3.05) is 0 Å². The second-order valence-electron chi connectivity index (χ2n) is 5.54. The van der Waals surface area contributed by atoms with Crippen molar-refractivity contribution in [3.05, 3.63) is 93.4 Å². The van der Waals surface area contributed by atoms with Gasteiger partial charge in [0, 0.05) is 16.4 Å². The van der Waals surface area contributed by atoms with E-state index in [4.69, 9.17) is 0 Å². The number of rotatable bonds is 0. The minimum atomic E-state index is -1.52. The fraction of sp³-hybridized carbons (Fsp3) is 0.0476. The van der Waals surface area contributed by atoms with Crippen molar-refractivity contribution in [1.29, 1.82) is 0 Å². The van der Waals surface area contributed by atoms with E-state index in [9.17, 15) is 17.6 Å². The third-order valence-electron chi connectivity index (χ3n) is 3.72. The SMILES string of the molecule is C=c1cc/c(=C2/C=CC(C#Cc3cc(F)c(F)c(F)c3)=CC2)c(F)c1. The highest BCUT2D eigenvalue weighted by Gasteiger charge is 2.09. The van der Waals surface area contributed by atoms with Crippen molar-refractivity contribution in [3.63, 3.8) is 0 Å². The minimum Gasteiger partial charge on any atom is -0.206 e. The molecule has 1 aliphatic carbocycles. The van der Waals surface area contributed by atoms with Crippen LogP contribution < -0.4 is 10.4 Å². The van der Waals surface area contributed by atoms with Gasteiger partial charge in [0.25, 0.3) is 0 Å². The summed E-state index contributed by atoms with van der Waals surface area (Å²) in [6.07, 6.45) is 5.70. The van der Waals surface area contributed by atoms with E-state index in [2.05, 4.69) is 18.4 Å². The van der Waals surface area contributed by atoms with E-state index in [1.54, 1.807) is 30.4 Å². The third kappa shape index (κ3) is 3.72. The average molecular weight is 340 g/mol. The molecule has 0 amide bonds. The molecule has 0 bridgehead atoms. The molecule has 0 fully saturated rings. The minimum absolute atomic E-state index is 0.0394. The summed E-state index contributed by atoms with van der Waals surface area (Å²) in [5.41, 5.74) is 1.46. The Balaban J connectivity index is 1.86. The second-order valence-corrected chi connectivity index (χ2v) is 5.54. The predicted molar refractivity (Wildman–Crippen MR) is 89.6 cm³/mol. The van der Waals surface area contributed by atoms with Gasteiger partial charge in [-0.25, -0.2) is 17.6 Å². The van der Waals surface area contributed by atoms with E-state index < -0.39 is 17.5 Å². The Bertz CT molecular complexity index is 1060. The predicted octanol–water partition coefficient (Wildman–Crippen LogP) is 3.74. The van der Waals surface area contributed by atoms with Crippen molar-refractivity contribution in [2.45, 2.75) is 6.42 Å². The van der Waals surface area contributed by atoms with Crippen LogP contribution in [0.15, 0.2) is 54.1 Å². The van der Waals surface area contributed by atoms with Gasteiger partial charge in [-0.05, 0) is 41.5 Å². The average Bonchev–Trinajstić information content (AvgIpc) is 2.58. The molecule has 0 saturated heterocycles. The molecule has 0 N–H and O–H groups in total. The highest BCUT2D eigenvalue weighted by Crippen LogP contribution is 2.16. The molecule has 0 aromatic heterocycles. The van der Waals surface area contributed by atoms with Crippen molar-refractivity contribution in [1.82, 2.24) is 0 Å². The number of benzene rings is 2. The molecule has 3 rings (SSSR count). The van der Waals surface area contributed by atoms with Crippen LogP contribution in [0.25, 0.3) is 12.2 Å². The number of halogens is 4. The number of hydrogen-bond acceptors (Lipinski definition) is 0. The summed E-state index contributed by atoms with van der Waals surface area (Å²) in [5.74, 6) is 0.930. The first-order valence-corrected chi connectivity index (χ1v) is 7.46. The lowest BCUT2D eigenvalue weighted by Crippen LogP contribution is -2.15. The monoisotopic (exact) mass is 340 g/mol. The summed E-state index contributed by atoms with van der Waals surface area (Å²) in [6, 6.07) is 6.45. The molecule has 0 saturated carbocycles. The fourth-order valence-electron chi connectivity index (χ4n) is 2.43. The van der Waals surface area contributed by atoms with Gasteiger partial charge < -0.3 is 0 Å². The Morgan fingerprint density at radius 1 is 0.840 bits per heavy atom. The van der Waals surface area contributed by atoms with E-state index in [-0.39, 0.29) is 11.4 Å². The maximum Gasteiger partial charge on any atom is 0.194 e. The van der Waals surface area contributed by atoms with Crippen LogP contribution in [0.3, 0.4) is 0 Å². The maximum absolute atomic E-state index is 14.0. The zero-order chi connectivity index (χ0) is 18.0. The summed E-state index contributed by atoms with van der Waals surface area (Å²) >= 11 is 0. The molecule has 4 heteroatoms. The van der Waals surface area contributed by atoms with E-state index in [0.29, 0.717) is 22.4 Å². The topological polar surface area (TPSA) is 0 Å². The van der Waals surface area contributed by atoms with Crippen LogP contribution in [0.2, 0.25) is 0 Å². The molecule has 0 nitrogen and oxygen atoms in total. The molecule has 0 aliphatic heterocycles. The summed E-state index contributed by atoms with van der Waals surface area (Å²) < 4.78 is 53.2. The standard InChI is InChI=1S/C21H12F4/c1-13-2-9-17(18(22)10-13)16-7-5-14(6-8-16)3-4-15-11-19(23)21(25)20(24)12-15/h2,5-7,9-12H,1,8H2/b17-16+. The second kappa shape index (κ2) is 6.82. The molecule has 25 heavy (non-hydrogen) atoms. The lowest BCUT2D eigenvalue weighted by Gasteiger charge is -2.06. The van der Waals surface area contributed by atoms with Gasteiger partial charge >= 0.3 is 0 Å². The smallest absolute Gasteiger partial charge is 0.194 e. The van der Waals surface area contributed by atoms with Gasteiger partial charge in [0.2, 0.25) is 0 Å². The molecular weight excluding hydrogens is 328 g/mol. The van der Waals surface area contributed by atoms with Gasteiger partial charge in [-0.15, -0.1) is 0 Å². The molecule has 0 atom stereocenters. The number of allylic oxidation sites excluding steroid dienone is 4. The van der Waals surface area contributed by atoms with Crippen molar-refractivity contribution in [3.8, 4) is 11.8 Å². The Morgan fingerprint density at radius 3 is 2.16 bits per heavy atom. The Morgan fingerprint density at radius 2 is 1.56 bits per heavy atom. The van der Waals surface area contributed by atoms with E-state index in [1.165, 1.54) is 6.07 Å². The Labute approximate surface area is 142 Å². The van der Waals surface area contributed by atoms with Gasteiger partial charge in [0.05, 0.1) is 0 Å². The Hall–Kier alpha value is -3.06. The van der Waals surface area contributed by atoms with Crippen LogP contribution in [0.4, 0.5) is 17.6 Å². The van der Waals surface area contributed by atoms with Crippen molar-refractivity contribution in [2.24, 2.45) is 0 Å². The fourth-order valence-corrected chi connectivity index (χ4v) is 2.43. The Kier molecular flexibility index (Phi) is 4.58. The van der Waals surface area contributed by atoms with Gasteiger partial charge in [-0.3, -0.25) is 0 Å². The summed E-state index contributed by atoms with van der Waals surface area (Å²) in [4.78, 5) is 0. The third-order valence-corrected chi connectivity index (χ3v) is 3.72. The molecule has 1 aliphatic rings. The molecule has 0 heterocycles. The molecule has 0 unspecified atom stereocenters. The zero-order valence-electron chi connectivity index (χ0n) is 13.0. The first-order chi connectivity index (χ1) is 11.9.